The number of hydrogen-bond acceptors (Lipinski definition) is 6. The van der Waals surface area contributed by atoms with E-state index in [1.54, 1.807) is 17.9 Å². The molecule has 0 saturated carbocycles. The van der Waals surface area contributed by atoms with Crippen LogP contribution in [-0.2, 0) is 4.79 Å². The summed E-state index contributed by atoms with van der Waals surface area (Å²) in [6.45, 7) is 6.88. The Kier molecular flexibility index (Phi) is 6.63. The van der Waals surface area contributed by atoms with Crippen molar-refractivity contribution < 1.29 is 14.3 Å². The molecule has 4 rings (SSSR count). The van der Waals surface area contributed by atoms with E-state index in [1.807, 2.05) is 49.4 Å². The summed E-state index contributed by atoms with van der Waals surface area (Å²) in [5.74, 6) is 2.32. The van der Waals surface area contributed by atoms with Gasteiger partial charge in [-0.15, -0.1) is 0 Å². The zero-order valence-corrected chi connectivity index (χ0v) is 19.3. The smallest absolute Gasteiger partial charge is 0.255 e. The number of carbonyl (C=O) groups excluding carboxylic acids is 1. The topological polar surface area (TPSA) is 90.3 Å². The van der Waals surface area contributed by atoms with Crippen LogP contribution in [-0.4, -0.2) is 34.4 Å². The Balaban J connectivity index is 1.64. The van der Waals surface area contributed by atoms with E-state index in [0.717, 1.165) is 17.7 Å². The van der Waals surface area contributed by atoms with Gasteiger partial charge in [0.15, 0.2) is 0 Å². The molecule has 0 spiro atoms. The van der Waals surface area contributed by atoms with Gasteiger partial charge in [0.25, 0.3) is 5.91 Å². The summed E-state index contributed by atoms with van der Waals surface area (Å²) >= 11 is 0. The lowest BCUT2D eigenvalue weighted by molar-refractivity contribution is -0.113. The third-order valence-corrected chi connectivity index (χ3v) is 5.55. The van der Waals surface area contributed by atoms with E-state index in [2.05, 4.69) is 34.6 Å². The summed E-state index contributed by atoms with van der Waals surface area (Å²) < 4.78 is 13.0. The van der Waals surface area contributed by atoms with Gasteiger partial charge in [-0.25, -0.2) is 4.68 Å². The molecule has 1 aliphatic heterocycles. The van der Waals surface area contributed by atoms with Crippen LogP contribution in [0.2, 0.25) is 0 Å². The van der Waals surface area contributed by atoms with Gasteiger partial charge in [0.2, 0.25) is 5.95 Å². The van der Waals surface area contributed by atoms with Crippen molar-refractivity contribution in [1.29, 1.82) is 0 Å². The monoisotopic (exact) mass is 447 g/mol. The van der Waals surface area contributed by atoms with Crippen LogP contribution in [0, 0.1) is 5.92 Å². The van der Waals surface area contributed by atoms with Crippen LogP contribution in [0.15, 0.2) is 66.1 Å². The number of ether oxygens (including phenoxy) is 2. The van der Waals surface area contributed by atoms with E-state index < -0.39 is 6.04 Å². The van der Waals surface area contributed by atoms with Crippen molar-refractivity contribution in [2.24, 2.45) is 5.92 Å². The zero-order chi connectivity index (χ0) is 23.4. The maximum atomic E-state index is 13.5. The maximum absolute atomic E-state index is 13.5. The number of anilines is 2. The molecule has 2 heterocycles. The van der Waals surface area contributed by atoms with Crippen LogP contribution in [0.3, 0.4) is 0 Å². The first-order valence-electron chi connectivity index (χ1n) is 11.0. The van der Waals surface area contributed by atoms with Gasteiger partial charge in [-0.05, 0) is 49.1 Å². The number of nitrogens with one attached hydrogen (secondary N) is 2. The molecule has 8 heteroatoms. The number of nitrogens with zero attached hydrogens (tertiary/aromatic N) is 3. The van der Waals surface area contributed by atoms with E-state index in [-0.39, 0.29) is 5.91 Å². The van der Waals surface area contributed by atoms with Crippen LogP contribution in [0.1, 0.15) is 38.8 Å². The standard InChI is InChI=1S/C25H29N5O3/c1-16(2)13-14-33-19-11-9-18(10-12-19)23-22(17(3)28-25-26-15-27-30(23)25)24(31)29-20-7-5-6-8-21(20)32-4/h5-12,15-16,23H,13-14H2,1-4H3,(H,29,31)(H,26,27,28). The van der Waals surface area contributed by atoms with Crippen molar-refractivity contribution in [1.82, 2.24) is 14.8 Å². The van der Waals surface area contributed by atoms with E-state index in [1.165, 1.54) is 6.33 Å². The van der Waals surface area contributed by atoms with E-state index >= 15 is 0 Å². The number of methoxy groups -OCH3 is 1. The van der Waals surface area contributed by atoms with Crippen molar-refractivity contribution >= 4 is 17.5 Å². The van der Waals surface area contributed by atoms with E-state index in [4.69, 9.17) is 9.47 Å². The fourth-order valence-corrected chi connectivity index (χ4v) is 3.79. The molecule has 1 amide bonds. The molecular formula is C25H29N5O3. The molecule has 1 atom stereocenters. The molecule has 172 valence electrons. The van der Waals surface area contributed by atoms with Crippen molar-refractivity contribution in [3.8, 4) is 11.5 Å². The Morgan fingerprint density at radius 3 is 2.67 bits per heavy atom. The lowest BCUT2D eigenvalue weighted by atomic mass is 9.95. The van der Waals surface area contributed by atoms with Gasteiger partial charge in [0.1, 0.15) is 23.9 Å². The molecule has 2 N–H and O–H groups in total. The third-order valence-electron chi connectivity index (χ3n) is 5.55. The molecule has 8 nitrogen and oxygen atoms in total. The number of hydrogen-bond donors (Lipinski definition) is 2. The molecule has 3 aromatic rings. The average molecular weight is 448 g/mol. The Morgan fingerprint density at radius 2 is 1.94 bits per heavy atom. The summed E-state index contributed by atoms with van der Waals surface area (Å²) in [4.78, 5) is 17.8. The molecule has 2 aromatic carbocycles. The van der Waals surface area contributed by atoms with Crippen molar-refractivity contribution in [2.45, 2.75) is 33.2 Å². The van der Waals surface area contributed by atoms with Gasteiger partial charge in [-0.3, -0.25) is 4.79 Å². The number of allylic oxidation sites excluding steroid dienone is 1. The lowest BCUT2D eigenvalue weighted by Crippen LogP contribution is -2.31. The first-order chi connectivity index (χ1) is 16.0. The second-order valence-electron chi connectivity index (χ2n) is 8.35. The predicted molar refractivity (Wildman–Crippen MR) is 127 cm³/mol. The second-order valence-corrected chi connectivity index (χ2v) is 8.35. The predicted octanol–water partition coefficient (Wildman–Crippen LogP) is 4.64. The van der Waals surface area contributed by atoms with E-state index in [9.17, 15) is 4.79 Å². The molecule has 1 aliphatic rings. The van der Waals surface area contributed by atoms with Gasteiger partial charge >= 0.3 is 0 Å². The van der Waals surface area contributed by atoms with Gasteiger partial charge in [-0.1, -0.05) is 38.1 Å². The Morgan fingerprint density at radius 1 is 1.18 bits per heavy atom. The Hall–Kier alpha value is -3.81. The molecule has 0 bridgehead atoms. The molecule has 0 fully saturated rings. The van der Waals surface area contributed by atoms with Crippen molar-refractivity contribution in [2.75, 3.05) is 24.4 Å². The van der Waals surface area contributed by atoms with Crippen molar-refractivity contribution in [3.05, 3.63) is 71.7 Å². The number of amides is 1. The number of carbonyl (C=O) groups is 1. The minimum Gasteiger partial charge on any atom is -0.495 e. The zero-order valence-electron chi connectivity index (χ0n) is 19.3. The molecular weight excluding hydrogens is 418 g/mol. The van der Waals surface area contributed by atoms with Crippen LogP contribution in [0.4, 0.5) is 11.6 Å². The molecule has 0 radical (unpaired) electrons. The first kappa shape index (κ1) is 22.4. The quantitative estimate of drug-likeness (QED) is 0.523. The van der Waals surface area contributed by atoms with Crippen LogP contribution >= 0.6 is 0 Å². The number of fused-ring (bicyclic) bond motifs is 1. The highest BCUT2D eigenvalue weighted by Gasteiger charge is 2.33. The molecule has 33 heavy (non-hydrogen) atoms. The summed E-state index contributed by atoms with van der Waals surface area (Å²) in [7, 11) is 1.58. The van der Waals surface area contributed by atoms with Gasteiger partial charge in [-0.2, -0.15) is 10.1 Å². The number of benzene rings is 2. The summed E-state index contributed by atoms with van der Waals surface area (Å²) in [5, 5.41) is 10.6. The largest absolute Gasteiger partial charge is 0.495 e. The Bertz CT molecular complexity index is 1150. The van der Waals surface area contributed by atoms with Crippen molar-refractivity contribution in [3.63, 3.8) is 0 Å². The maximum Gasteiger partial charge on any atom is 0.255 e. The average Bonchev–Trinajstić information content (AvgIpc) is 3.26. The van der Waals surface area contributed by atoms with Crippen LogP contribution in [0.5, 0.6) is 11.5 Å². The highest BCUT2D eigenvalue weighted by Crippen LogP contribution is 2.36. The number of aromatic nitrogens is 3. The molecule has 1 aromatic heterocycles. The minimum atomic E-state index is -0.442. The summed E-state index contributed by atoms with van der Waals surface area (Å²) in [5.41, 5.74) is 2.77. The summed E-state index contributed by atoms with van der Waals surface area (Å²) in [6.07, 6.45) is 2.47. The van der Waals surface area contributed by atoms with Gasteiger partial charge < -0.3 is 20.1 Å². The minimum absolute atomic E-state index is 0.243. The SMILES string of the molecule is COc1ccccc1NC(=O)C1=C(C)Nc2ncnn2C1c1ccc(OCCC(C)C)cc1. The van der Waals surface area contributed by atoms with Gasteiger partial charge in [0.05, 0.1) is 25.0 Å². The fraction of sp³-hybridized carbons (Fsp3) is 0.320. The third kappa shape index (κ3) is 4.84. The Labute approximate surface area is 193 Å². The van der Waals surface area contributed by atoms with Gasteiger partial charge in [0, 0.05) is 5.70 Å². The van der Waals surface area contributed by atoms with Crippen LogP contribution in [0.25, 0.3) is 0 Å². The normalized spacial score (nSPS) is 15.1. The summed E-state index contributed by atoms with van der Waals surface area (Å²) in [6, 6.07) is 14.7. The molecule has 1 unspecified atom stereocenters. The van der Waals surface area contributed by atoms with Crippen LogP contribution < -0.4 is 20.1 Å². The second kappa shape index (κ2) is 9.77. The molecule has 0 aliphatic carbocycles. The lowest BCUT2D eigenvalue weighted by Gasteiger charge is -2.29. The molecule has 0 saturated heterocycles. The number of rotatable bonds is 8. The number of para-hydroxylation sites is 2. The highest BCUT2D eigenvalue weighted by atomic mass is 16.5. The fourth-order valence-electron chi connectivity index (χ4n) is 3.79. The van der Waals surface area contributed by atoms with E-state index in [0.29, 0.717) is 41.2 Å². The highest BCUT2D eigenvalue weighted by molar-refractivity contribution is 6.06. The first-order valence-corrected chi connectivity index (χ1v) is 11.0.